The predicted octanol–water partition coefficient (Wildman–Crippen LogP) is 5.11. The maximum atomic E-state index is 13.7. The van der Waals surface area contributed by atoms with E-state index in [1.807, 2.05) is 54.6 Å². The first-order valence-corrected chi connectivity index (χ1v) is 15.3. The van der Waals surface area contributed by atoms with Crippen molar-refractivity contribution in [2.45, 2.75) is 63.7 Å². The molecule has 3 rings (SSSR count). The molecule has 0 bridgehead atoms. The van der Waals surface area contributed by atoms with Gasteiger partial charge in [-0.1, -0.05) is 69.8 Å². The van der Waals surface area contributed by atoms with Crippen LogP contribution < -0.4 is 4.74 Å². The molecule has 2 aromatic carbocycles. The van der Waals surface area contributed by atoms with E-state index in [9.17, 15) is 9.59 Å². The molecule has 0 radical (unpaired) electrons. The minimum Gasteiger partial charge on any atom is -0.497 e. The lowest BCUT2D eigenvalue weighted by atomic mass is 9.92. The number of carbonyl (C=O) groups is 2. The van der Waals surface area contributed by atoms with Crippen molar-refractivity contribution in [3.05, 3.63) is 77.9 Å². The Kier molecular flexibility index (Phi) is 8.67. The quantitative estimate of drug-likeness (QED) is 0.244. The minimum absolute atomic E-state index is 0.102. The lowest BCUT2D eigenvalue weighted by molar-refractivity contribution is -0.168. The zero-order valence-corrected chi connectivity index (χ0v) is 24.0. The number of likely N-dealkylation sites (tertiary alicyclic amines) is 1. The van der Waals surface area contributed by atoms with Gasteiger partial charge < -0.3 is 23.5 Å². The van der Waals surface area contributed by atoms with E-state index in [0.717, 1.165) is 11.1 Å². The molecule has 200 valence electrons. The summed E-state index contributed by atoms with van der Waals surface area (Å²) in [5.41, 5.74) is 0.472. The van der Waals surface area contributed by atoms with E-state index in [-0.39, 0.29) is 36.3 Å². The van der Waals surface area contributed by atoms with Gasteiger partial charge in [0.05, 0.1) is 27.4 Å². The molecule has 37 heavy (non-hydrogen) atoms. The molecule has 1 amide bonds. The molecule has 0 unspecified atom stereocenters. The number of rotatable bonds is 10. The Hall–Kier alpha value is -2.94. The number of nitrogens with zero attached hydrogens (tertiary/aromatic N) is 1. The molecule has 0 N–H and O–H groups in total. The first-order valence-electron chi connectivity index (χ1n) is 12.4. The molecule has 1 aliphatic rings. The van der Waals surface area contributed by atoms with Crippen molar-refractivity contribution in [2.24, 2.45) is 0 Å². The third kappa shape index (κ3) is 5.81. The molecule has 0 saturated carbocycles. The number of amides is 1. The normalized spacial score (nSPS) is 20.3. The van der Waals surface area contributed by atoms with Crippen molar-refractivity contribution in [1.29, 1.82) is 0 Å². The molecular weight excluding hydrogens is 486 g/mol. The third-order valence-corrected chi connectivity index (χ3v) is 11.9. The van der Waals surface area contributed by atoms with Gasteiger partial charge in [0, 0.05) is 12.1 Å². The second-order valence-electron chi connectivity index (χ2n) is 10.9. The van der Waals surface area contributed by atoms with Crippen LogP contribution in [0.1, 0.15) is 31.9 Å². The standard InChI is InChI=1S/C29H39NO6Si/c1-21-25(36-37(7,8)28(2,3)4)29(27(32)34-6,20-35-19-23-12-10-9-11-13-23)30(26(21)31)18-22-14-16-24(33-5)17-15-22/h9-17,25H,1,18-20H2,2-8H3/t25-,29+/m0/s1. The number of hydrogen-bond acceptors (Lipinski definition) is 6. The smallest absolute Gasteiger partial charge is 0.337 e. The number of carbonyl (C=O) groups excluding carboxylic acids is 2. The number of benzene rings is 2. The van der Waals surface area contributed by atoms with Gasteiger partial charge in [-0.25, -0.2) is 4.79 Å². The van der Waals surface area contributed by atoms with Crippen LogP contribution in [-0.2, 0) is 36.6 Å². The van der Waals surface area contributed by atoms with Crippen molar-refractivity contribution < 1.29 is 28.2 Å². The van der Waals surface area contributed by atoms with Crippen molar-refractivity contribution in [1.82, 2.24) is 4.90 Å². The SMILES string of the molecule is C=C1C(=O)N(Cc2ccc(OC)cc2)[C@@](COCc2ccccc2)(C(=O)OC)[C@H]1O[Si](C)(C)C(C)(C)C. The third-order valence-electron chi connectivity index (χ3n) is 7.44. The summed E-state index contributed by atoms with van der Waals surface area (Å²) >= 11 is 0. The van der Waals surface area contributed by atoms with Crippen molar-refractivity contribution >= 4 is 20.2 Å². The van der Waals surface area contributed by atoms with Crippen LogP contribution in [0, 0.1) is 0 Å². The average molecular weight is 526 g/mol. The van der Waals surface area contributed by atoms with Crippen molar-refractivity contribution in [2.75, 3.05) is 20.8 Å². The van der Waals surface area contributed by atoms with Crippen molar-refractivity contribution in [3.63, 3.8) is 0 Å². The Labute approximate surface area is 221 Å². The van der Waals surface area contributed by atoms with Gasteiger partial charge in [-0.3, -0.25) is 4.79 Å². The topological polar surface area (TPSA) is 74.3 Å². The zero-order valence-electron chi connectivity index (χ0n) is 23.0. The highest BCUT2D eigenvalue weighted by atomic mass is 28.4. The molecule has 7 nitrogen and oxygen atoms in total. The lowest BCUT2D eigenvalue weighted by Crippen LogP contribution is -2.63. The van der Waals surface area contributed by atoms with Crippen LogP contribution in [0.2, 0.25) is 18.1 Å². The first kappa shape index (κ1) is 28.6. The number of methoxy groups -OCH3 is 2. The summed E-state index contributed by atoms with van der Waals surface area (Å²) in [6.45, 7) is 14.9. The fraction of sp³-hybridized carbons (Fsp3) is 0.448. The molecule has 8 heteroatoms. The van der Waals surface area contributed by atoms with E-state index in [1.165, 1.54) is 12.0 Å². The van der Waals surface area contributed by atoms with E-state index >= 15 is 0 Å². The van der Waals surface area contributed by atoms with E-state index in [2.05, 4.69) is 40.4 Å². The second-order valence-corrected chi connectivity index (χ2v) is 15.7. The molecule has 1 saturated heterocycles. The molecule has 0 aliphatic carbocycles. The fourth-order valence-electron chi connectivity index (χ4n) is 4.17. The summed E-state index contributed by atoms with van der Waals surface area (Å²) in [4.78, 5) is 28.9. The van der Waals surface area contributed by atoms with Crippen LogP contribution in [-0.4, -0.2) is 57.6 Å². The summed E-state index contributed by atoms with van der Waals surface area (Å²) < 4.78 is 23.5. The largest absolute Gasteiger partial charge is 0.497 e. The Morgan fingerprint density at radius 3 is 2.19 bits per heavy atom. The van der Waals surface area contributed by atoms with Crippen LogP contribution in [0.4, 0.5) is 0 Å². The average Bonchev–Trinajstić information content (AvgIpc) is 3.05. The maximum Gasteiger partial charge on any atom is 0.337 e. The molecule has 2 atom stereocenters. The van der Waals surface area contributed by atoms with Crippen LogP contribution in [0.15, 0.2) is 66.7 Å². The zero-order chi connectivity index (χ0) is 27.4. The lowest BCUT2D eigenvalue weighted by Gasteiger charge is -2.44. The van der Waals surface area contributed by atoms with Gasteiger partial charge in [-0.15, -0.1) is 0 Å². The van der Waals surface area contributed by atoms with Gasteiger partial charge in [0.15, 0.2) is 13.9 Å². The molecule has 1 heterocycles. The van der Waals surface area contributed by atoms with Gasteiger partial charge in [0.1, 0.15) is 11.9 Å². The van der Waals surface area contributed by atoms with Gasteiger partial charge in [-0.05, 0) is 41.4 Å². The number of ether oxygens (including phenoxy) is 3. The maximum absolute atomic E-state index is 13.7. The van der Waals surface area contributed by atoms with Gasteiger partial charge in [0.2, 0.25) is 0 Å². The Morgan fingerprint density at radius 1 is 1.03 bits per heavy atom. The molecule has 0 aromatic heterocycles. The number of esters is 1. The summed E-state index contributed by atoms with van der Waals surface area (Å²) in [6, 6.07) is 17.0. The molecule has 0 spiro atoms. The summed E-state index contributed by atoms with van der Waals surface area (Å²) in [5.74, 6) is -0.247. The van der Waals surface area contributed by atoms with Crippen LogP contribution in [0.5, 0.6) is 5.75 Å². The van der Waals surface area contributed by atoms with Crippen LogP contribution in [0.3, 0.4) is 0 Å². The highest BCUT2D eigenvalue weighted by Crippen LogP contribution is 2.45. The summed E-state index contributed by atoms with van der Waals surface area (Å²) in [6.07, 6.45) is -0.914. The molecule has 2 aromatic rings. The van der Waals surface area contributed by atoms with Gasteiger partial charge in [-0.2, -0.15) is 0 Å². The molecule has 1 aliphatic heterocycles. The van der Waals surface area contributed by atoms with Crippen molar-refractivity contribution in [3.8, 4) is 5.75 Å². The van der Waals surface area contributed by atoms with Crippen LogP contribution in [0.25, 0.3) is 0 Å². The highest BCUT2D eigenvalue weighted by molar-refractivity contribution is 6.74. The molecular formula is C29H39NO6Si. The van der Waals surface area contributed by atoms with Gasteiger partial charge in [0.25, 0.3) is 5.91 Å². The Morgan fingerprint density at radius 2 is 1.65 bits per heavy atom. The van der Waals surface area contributed by atoms with E-state index < -0.39 is 25.9 Å². The van der Waals surface area contributed by atoms with E-state index in [1.54, 1.807) is 7.11 Å². The first-order chi connectivity index (χ1) is 17.4. The summed E-state index contributed by atoms with van der Waals surface area (Å²) in [5, 5.41) is -0.160. The molecule has 1 fully saturated rings. The monoisotopic (exact) mass is 525 g/mol. The fourth-order valence-corrected chi connectivity index (χ4v) is 5.45. The predicted molar refractivity (Wildman–Crippen MR) is 146 cm³/mol. The highest BCUT2D eigenvalue weighted by Gasteiger charge is 2.63. The number of hydrogen-bond donors (Lipinski definition) is 0. The summed E-state index contributed by atoms with van der Waals surface area (Å²) in [7, 11) is 0.471. The van der Waals surface area contributed by atoms with E-state index in [4.69, 9.17) is 18.6 Å². The Bertz CT molecular complexity index is 1110. The van der Waals surface area contributed by atoms with E-state index in [0.29, 0.717) is 5.75 Å². The van der Waals surface area contributed by atoms with Crippen LogP contribution >= 0.6 is 0 Å². The second kappa shape index (κ2) is 11.2. The van der Waals surface area contributed by atoms with Gasteiger partial charge >= 0.3 is 5.97 Å². The minimum atomic E-state index is -2.45. The Balaban J connectivity index is 2.06.